The Kier molecular flexibility index (Phi) is 2.93. The molecule has 3 rings (SSSR count). The van der Waals surface area contributed by atoms with Gasteiger partial charge in [0.1, 0.15) is 17.8 Å². The summed E-state index contributed by atoms with van der Waals surface area (Å²) >= 11 is 0. The van der Waals surface area contributed by atoms with E-state index < -0.39 is 5.60 Å². The van der Waals surface area contributed by atoms with E-state index in [1.807, 2.05) is 6.20 Å². The molecular formula is C14H20N4O. The zero-order valence-electron chi connectivity index (χ0n) is 11.5. The fourth-order valence-electron chi connectivity index (χ4n) is 2.97. The Balaban J connectivity index is 1.92. The molecule has 0 unspecified atom stereocenters. The normalized spacial score (nSPS) is 17.7. The van der Waals surface area contributed by atoms with Gasteiger partial charge in [-0.3, -0.25) is 0 Å². The number of H-pyrrole nitrogens is 1. The van der Waals surface area contributed by atoms with Crippen molar-refractivity contribution in [3.63, 3.8) is 0 Å². The fraction of sp³-hybridized carbons (Fsp3) is 0.571. The number of fused-ring (bicyclic) bond motifs is 1. The first-order valence-electron chi connectivity index (χ1n) is 6.95. The quantitative estimate of drug-likeness (QED) is 0.881. The Morgan fingerprint density at radius 1 is 1.37 bits per heavy atom. The molecule has 5 heteroatoms. The van der Waals surface area contributed by atoms with Crippen LogP contribution in [0.5, 0.6) is 0 Å². The number of rotatable bonds is 4. The van der Waals surface area contributed by atoms with E-state index in [1.165, 1.54) is 5.56 Å². The molecule has 0 spiro atoms. The fourth-order valence-corrected chi connectivity index (χ4v) is 2.97. The van der Waals surface area contributed by atoms with Crippen molar-refractivity contribution in [2.75, 3.05) is 18.0 Å². The highest BCUT2D eigenvalue weighted by Crippen LogP contribution is 2.34. The van der Waals surface area contributed by atoms with Gasteiger partial charge in [-0.25, -0.2) is 9.97 Å². The summed E-state index contributed by atoms with van der Waals surface area (Å²) < 4.78 is 0. The Labute approximate surface area is 112 Å². The molecule has 19 heavy (non-hydrogen) atoms. The summed E-state index contributed by atoms with van der Waals surface area (Å²) in [5, 5.41) is 11.4. The second-order valence-corrected chi connectivity index (χ2v) is 5.42. The molecule has 2 N–H and O–H groups in total. The molecule has 5 nitrogen and oxygen atoms in total. The maximum Gasteiger partial charge on any atom is 0.143 e. The number of β-amino-alcohol motifs (C(OH)–C–C–N with tert-alkyl or cyclic N) is 1. The van der Waals surface area contributed by atoms with E-state index in [-0.39, 0.29) is 0 Å². The Morgan fingerprint density at radius 3 is 2.84 bits per heavy atom. The largest absolute Gasteiger partial charge is 0.386 e. The molecule has 0 amide bonds. The Hall–Kier alpha value is -1.62. The smallest absolute Gasteiger partial charge is 0.143 e. The predicted molar refractivity (Wildman–Crippen MR) is 75.3 cm³/mol. The summed E-state index contributed by atoms with van der Waals surface area (Å²) in [6.07, 6.45) is 6.40. The summed E-state index contributed by atoms with van der Waals surface area (Å²) in [6, 6.07) is 0. The van der Waals surface area contributed by atoms with Gasteiger partial charge in [0.2, 0.25) is 0 Å². The molecule has 0 aliphatic carbocycles. The lowest BCUT2D eigenvalue weighted by molar-refractivity contribution is 0.00310. The van der Waals surface area contributed by atoms with Crippen molar-refractivity contribution >= 4 is 16.9 Å². The van der Waals surface area contributed by atoms with Gasteiger partial charge in [-0.2, -0.15) is 0 Å². The van der Waals surface area contributed by atoms with Gasteiger partial charge < -0.3 is 15.0 Å². The van der Waals surface area contributed by atoms with Gasteiger partial charge >= 0.3 is 0 Å². The van der Waals surface area contributed by atoms with Crippen LogP contribution in [0.15, 0.2) is 12.5 Å². The lowest BCUT2D eigenvalue weighted by atomic mass is 9.89. The zero-order valence-corrected chi connectivity index (χ0v) is 11.5. The number of nitrogens with zero attached hydrogens (tertiary/aromatic N) is 3. The van der Waals surface area contributed by atoms with Gasteiger partial charge in [-0.1, -0.05) is 20.3 Å². The van der Waals surface area contributed by atoms with Crippen LogP contribution in [0, 0.1) is 0 Å². The number of aromatic amines is 1. The van der Waals surface area contributed by atoms with Gasteiger partial charge in [0.15, 0.2) is 0 Å². The van der Waals surface area contributed by atoms with Crippen molar-refractivity contribution in [3.05, 3.63) is 18.1 Å². The van der Waals surface area contributed by atoms with Crippen molar-refractivity contribution in [2.24, 2.45) is 0 Å². The number of aromatic nitrogens is 3. The van der Waals surface area contributed by atoms with Gasteiger partial charge in [0.25, 0.3) is 0 Å². The summed E-state index contributed by atoms with van der Waals surface area (Å²) in [6.45, 7) is 5.57. The number of aryl methyl sites for hydroxylation is 1. The van der Waals surface area contributed by atoms with Gasteiger partial charge in [-0.15, -0.1) is 0 Å². The van der Waals surface area contributed by atoms with E-state index in [0.29, 0.717) is 13.1 Å². The van der Waals surface area contributed by atoms with Crippen LogP contribution < -0.4 is 4.90 Å². The second-order valence-electron chi connectivity index (χ2n) is 5.42. The van der Waals surface area contributed by atoms with Gasteiger partial charge in [-0.05, 0) is 18.4 Å². The van der Waals surface area contributed by atoms with E-state index in [2.05, 4.69) is 33.7 Å². The van der Waals surface area contributed by atoms with Crippen LogP contribution in [0.3, 0.4) is 0 Å². The molecule has 1 aliphatic rings. The van der Waals surface area contributed by atoms with Crippen LogP contribution >= 0.6 is 0 Å². The van der Waals surface area contributed by atoms with Gasteiger partial charge in [0, 0.05) is 19.3 Å². The summed E-state index contributed by atoms with van der Waals surface area (Å²) in [5.41, 5.74) is 1.58. The molecular weight excluding hydrogens is 240 g/mol. The number of anilines is 1. The van der Waals surface area contributed by atoms with Crippen molar-refractivity contribution in [1.82, 2.24) is 15.0 Å². The Bertz CT molecular complexity index is 586. The molecule has 1 fully saturated rings. The zero-order chi connectivity index (χ0) is 13.5. The molecule has 0 radical (unpaired) electrons. The van der Waals surface area contributed by atoms with Crippen molar-refractivity contribution < 1.29 is 5.11 Å². The molecule has 2 aromatic heterocycles. The average Bonchev–Trinajstić information content (AvgIpc) is 2.79. The van der Waals surface area contributed by atoms with Crippen molar-refractivity contribution in [2.45, 2.75) is 38.7 Å². The van der Waals surface area contributed by atoms with Gasteiger partial charge in [0.05, 0.1) is 11.0 Å². The number of hydrogen-bond acceptors (Lipinski definition) is 4. The second kappa shape index (κ2) is 4.49. The first-order chi connectivity index (χ1) is 9.17. The van der Waals surface area contributed by atoms with Crippen LogP contribution in [0.25, 0.3) is 11.0 Å². The van der Waals surface area contributed by atoms with Crippen molar-refractivity contribution in [3.8, 4) is 0 Å². The highest BCUT2D eigenvalue weighted by Gasteiger charge is 2.41. The van der Waals surface area contributed by atoms with Crippen LogP contribution in [-0.2, 0) is 6.42 Å². The molecule has 102 valence electrons. The third-order valence-electron chi connectivity index (χ3n) is 3.90. The number of nitrogens with one attached hydrogen (secondary N) is 1. The first kappa shape index (κ1) is 12.4. The SMILES string of the molecule is CCCC1(O)CN(c2ncnc3[nH]cc(CC)c23)C1. The standard InChI is InChI=1S/C14H20N4O/c1-3-5-14(19)7-18(8-14)13-11-10(4-2)6-15-12(11)16-9-17-13/h6,9,19H,3-5,7-8H2,1-2H3,(H,15,16,17). The maximum absolute atomic E-state index is 10.3. The number of hydrogen-bond donors (Lipinski definition) is 2. The summed E-state index contributed by atoms with van der Waals surface area (Å²) in [5.74, 6) is 0.948. The third-order valence-corrected chi connectivity index (χ3v) is 3.90. The molecule has 1 aliphatic heterocycles. The molecule has 0 atom stereocenters. The maximum atomic E-state index is 10.3. The minimum absolute atomic E-state index is 0.533. The molecule has 0 saturated carbocycles. The van der Waals surface area contributed by atoms with Crippen molar-refractivity contribution in [1.29, 1.82) is 0 Å². The highest BCUT2D eigenvalue weighted by molar-refractivity contribution is 5.91. The summed E-state index contributed by atoms with van der Waals surface area (Å²) in [7, 11) is 0. The third kappa shape index (κ3) is 1.98. The van der Waals surface area contributed by atoms with E-state index in [9.17, 15) is 5.11 Å². The molecule has 2 aromatic rings. The van der Waals surface area contributed by atoms with E-state index in [1.54, 1.807) is 6.33 Å². The minimum Gasteiger partial charge on any atom is -0.386 e. The Morgan fingerprint density at radius 2 is 2.16 bits per heavy atom. The van der Waals surface area contributed by atoms with E-state index in [0.717, 1.165) is 36.1 Å². The highest BCUT2D eigenvalue weighted by atomic mass is 16.3. The number of aliphatic hydroxyl groups is 1. The van der Waals surface area contributed by atoms with E-state index in [4.69, 9.17) is 0 Å². The van der Waals surface area contributed by atoms with Crippen LogP contribution in [0.1, 0.15) is 32.3 Å². The lowest BCUT2D eigenvalue weighted by Crippen LogP contribution is -2.62. The lowest BCUT2D eigenvalue weighted by Gasteiger charge is -2.47. The monoisotopic (exact) mass is 260 g/mol. The molecule has 0 aromatic carbocycles. The minimum atomic E-state index is -0.533. The molecule has 3 heterocycles. The summed E-state index contributed by atoms with van der Waals surface area (Å²) in [4.78, 5) is 14.0. The first-order valence-corrected chi connectivity index (χ1v) is 6.95. The van der Waals surface area contributed by atoms with Crippen LogP contribution in [-0.4, -0.2) is 38.7 Å². The van der Waals surface area contributed by atoms with Crippen LogP contribution in [0.4, 0.5) is 5.82 Å². The predicted octanol–water partition coefficient (Wildman–Crippen LogP) is 1.87. The topological polar surface area (TPSA) is 65.0 Å². The molecule has 0 bridgehead atoms. The molecule has 1 saturated heterocycles. The average molecular weight is 260 g/mol. The van der Waals surface area contributed by atoms with E-state index >= 15 is 0 Å². The van der Waals surface area contributed by atoms with Crippen LogP contribution in [0.2, 0.25) is 0 Å².